The van der Waals surface area contributed by atoms with E-state index in [0.717, 1.165) is 12.8 Å². The molecule has 2 aliphatic rings. The number of ether oxygens (including phenoxy) is 3. The molecule has 0 atom stereocenters. The third kappa shape index (κ3) is 3.25. The Hall–Kier alpha value is -2.44. The van der Waals surface area contributed by atoms with Gasteiger partial charge in [0.25, 0.3) is 5.91 Å². The first kappa shape index (κ1) is 16.4. The number of hydrogen-bond donors (Lipinski definition) is 0. The molecule has 0 N–H and O–H groups in total. The van der Waals surface area contributed by atoms with Gasteiger partial charge in [0.05, 0.1) is 6.61 Å². The molecule has 0 radical (unpaired) electrons. The van der Waals surface area contributed by atoms with Gasteiger partial charge in [-0.1, -0.05) is 0 Å². The highest BCUT2D eigenvalue weighted by Crippen LogP contribution is 2.33. The summed E-state index contributed by atoms with van der Waals surface area (Å²) >= 11 is 0. The van der Waals surface area contributed by atoms with Gasteiger partial charge in [0, 0.05) is 31.7 Å². The van der Waals surface area contributed by atoms with Crippen LogP contribution in [0.15, 0.2) is 18.2 Å². The van der Waals surface area contributed by atoms with E-state index in [0.29, 0.717) is 36.8 Å². The molecule has 2 aliphatic heterocycles. The van der Waals surface area contributed by atoms with E-state index >= 15 is 0 Å². The summed E-state index contributed by atoms with van der Waals surface area (Å²) in [5, 5.41) is 0. The van der Waals surface area contributed by atoms with Crippen LogP contribution in [0.25, 0.3) is 0 Å². The van der Waals surface area contributed by atoms with E-state index in [1.165, 1.54) is 0 Å². The molecule has 0 unspecified atom stereocenters. The molecule has 0 aliphatic carbocycles. The molecule has 7 heteroatoms. The summed E-state index contributed by atoms with van der Waals surface area (Å²) < 4.78 is 15.6. The highest BCUT2D eigenvalue weighted by molar-refractivity contribution is 5.95. The molecule has 130 valence electrons. The van der Waals surface area contributed by atoms with Gasteiger partial charge in [-0.05, 0) is 38.0 Å². The van der Waals surface area contributed by atoms with E-state index in [1.54, 1.807) is 42.0 Å². The second kappa shape index (κ2) is 6.98. The third-order valence-electron chi connectivity index (χ3n) is 4.48. The average molecular weight is 334 g/mol. The molecule has 1 saturated heterocycles. The number of piperidine rings is 1. The minimum absolute atomic E-state index is 0.0529. The van der Waals surface area contributed by atoms with E-state index in [-0.39, 0.29) is 24.8 Å². The molecule has 1 aromatic carbocycles. The molecule has 3 rings (SSSR count). The summed E-state index contributed by atoms with van der Waals surface area (Å²) in [5.41, 5.74) is 0.578. The number of nitrogens with zero attached hydrogens (tertiary/aromatic N) is 2. The fraction of sp³-hybridized carbons (Fsp3) is 0.529. The van der Waals surface area contributed by atoms with Crippen molar-refractivity contribution in [3.63, 3.8) is 0 Å². The van der Waals surface area contributed by atoms with Crippen molar-refractivity contribution in [2.75, 3.05) is 33.5 Å². The molecule has 0 aromatic heterocycles. The van der Waals surface area contributed by atoms with Crippen LogP contribution >= 0.6 is 0 Å². The summed E-state index contributed by atoms with van der Waals surface area (Å²) in [4.78, 5) is 27.9. The molecule has 0 spiro atoms. The Morgan fingerprint density at radius 3 is 2.67 bits per heavy atom. The molecule has 24 heavy (non-hydrogen) atoms. The smallest absolute Gasteiger partial charge is 0.409 e. The van der Waals surface area contributed by atoms with Gasteiger partial charge in [-0.3, -0.25) is 4.79 Å². The molecular formula is C17H22N2O5. The van der Waals surface area contributed by atoms with Crippen molar-refractivity contribution in [3.05, 3.63) is 23.8 Å². The van der Waals surface area contributed by atoms with Gasteiger partial charge in [-0.15, -0.1) is 0 Å². The van der Waals surface area contributed by atoms with Crippen LogP contribution in [0.5, 0.6) is 11.5 Å². The predicted molar refractivity (Wildman–Crippen MR) is 86.3 cm³/mol. The molecule has 2 amide bonds. The van der Waals surface area contributed by atoms with Gasteiger partial charge < -0.3 is 24.0 Å². The summed E-state index contributed by atoms with van der Waals surface area (Å²) in [5.74, 6) is 1.21. The SMILES string of the molecule is CCOC(=O)N1CCC(N(C)C(=O)c2ccc3c(c2)OCO3)CC1. The maximum atomic E-state index is 12.7. The largest absolute Gasteiger partial charge is 0.454 e. The zero-order valence-corrected chi connectivity index (χ0v) is 14.0. The van der Waals surface area contributed by atoms with Crippen molar-refractivity contribution >= 4 is 12.0 Å². The fourth-order valence-corrected chi connectivity index (χ4v) is 3.05. The maximum Gasteiger partial charge on any atom is 0.409 e. The summed E-state index contributed by atoms with van der Waals surface area (Å²) in [7, 11) is 1.80. The van der Waals surface area contributed by atoms with Gasteiger partial charge >= 0.3 is 6.09 Å². The third-order valence-corrected chi connectivity index (χ3v) is 4.48. The minimum Gasteiger partial charge on any atom is -0.454 e. The highest BCUT2D eigenvalue weighted by atomic mass is 16.7. The number of amides is 2. The van der Waals surface area contributed by atoms with Crippen molar-refractivity contribution in [1.82, 2.24) is 9.80 Å². The lowest BCUT2D eigenvalue weighted by atomic mass is 10.0. The lowest BCUT2D eigenvalue weighted by molar-refractivity contribution is 0.0602. The van der Waals surface area contributed by atoms with E-state index < -0.39 is 0 Å². The van der Waals surface area contributed by atoms with Crippen LogP contribution in [0.4, 0.5) is 4.79 Å². The molecule has 7 nitrogen and oxygen atoms in total. The van der Waals surface area contributed by atoms with Gasteiger partial charge in [0.2, 0.25) is 6.79 Å². The lowest BCUT2D eigenvalue weighted by Crippen LogP contribution is -2.47. The Labute approximate surface area is 141 Å². The normalized spacial score (nSPS) is 16.8. The zero-order chi connectivity index (χ0) is 17.1. The predicted octanol–water partition coefficient (Wildman–Crippen LogP) is 2.11. The summed E-state index contributed by atoms with van der Waals surface area (Å²) in [6, 6.07) is 5.33. The molecule has 1 fully saturated rings. The summed E-state index contributed by atoms with van der Waals surface area (Å²) in [6.07, 6.45) is 1.21. The lowest BCUT2D eigenvalue weighted by Gasteiger charge is -2.36. The molecule has 2 heterocycles. The Kier molecular flexibility index (Phi) is 4.78. The second-order valence-corrected chi connectivity index (χ2v) is 5.90. The van der Waals surface area contributed by atoms with Gasteiger partial charge in [-0.2, -0.15) is 0 Å². The first-order valence-electron chi connectivity index (χ1n) is 8.18. The fourth-order valence-electron chi connectivity index (χ4n) is 3.05. The number of hydrogen-bond acceptors (Lipinski definition) is 5. The number of rotatable bonds is 3. The van der Waals surface area contributed by atoms with Crippen LogP contribution < -0.4 is 9.47 Å². The molecular weight excluding hydrogens is 312 g/mol. The summed E-state index contributed by atoms with van der Waals surface area (Å²) in [6.45, 7) is 3.56. The highest BCUT2D eigenvalue weighted by Gasteiger charge is 2.29. The minimum atomic E-state index is -0.277. The molecule has 0 bridgehead atoms. The topological polar surface area (TPSA) is 68.3 Å². The van der Waals surface area contributed by atoms with E-state index in [2.05, 4.69) is 0 Å². The second-order valence-electron chi connectivity index (χ2n) is 5.90. The van der Waals surface area contributed by atoms with Crippen molar-refractivity contribution in [2.45, 2.75) is 25.8 Å². The quantitative estimate of drug-likeness (QED) is 0.847. The van der Waals surface area contributed by atoms with Crippen LogP contribution in [-0.4, -0.2) is 61.4 Å². The van der Waals surface area contributed by atoms with Gasteiger partial charge in [0.15, 0.2) is 11.5 Å². The Morgan fingerprint density at radius 2 is 1.96 bits per heavy atom. The van der Waals surface area contributed by atoms with Crippen molar-refractivity contribution in [2.24, 2.45) is 0 Å². The van der Waals surface area contributed by atoms with Crippen LogP contribution in [-0.2, 0) is 4.74 Å². The number of carbonyl (C=O) groups excluding carboxylic acids is 2. The average Bonchev–Trinajstić information content (AvgIpc) is 3.08. The number of likely N-dealkylation sites (tertiary alicyclic amines) is 1. The van der Waals surface area contributed by atoms with Crippen LogP contribution in [0, 0.1) is 0 Å². The number of benzene rings is 1. The molecule has 1 aromatic rings. The van der Waals surface area contributed by atoms with Crippen molar-refractivity contribution < 1.29 is 23.8 Å². The van der Waals surface area contributed by atoms with Crippen LogP contribution in [0.3, 0.4) is 0 Å². The zero-order valence-electron chi connectivity index (χ0n) is 14.0. The van der Waals surface area contributed by atoms with Gasteiger partial charge in [-0.25, -0.2) is 4.79 Å². The number of carbonyl (C=O) groups is 2. The molecule has 0 saturated carbocycles. The van der Waals surface area contributed by atoms with Crippen molar-refractivity contribution in [3.8, 4) is 11.5 Å². The van der Waals surface area contributed by atoms with Gasteiger partial charge in [0.1, 0.15) is 0 Å². The van der Waals surface area contributed by atoms with E-state index in [9.17, 15) is 9.59 Å². The first-order valence-corrected chi connectivity index (χ1v) is 8.18. The van der Waals surface area contributed by atoms with Crippen LogP contribution in [0.1, 0.15) is 30.1 Å². The van der Waals surface area contributed by atoms with E-state index in [4.69, 9.17) is 14.2 Å². The Morgan fingerprint density at radius 1 is 1.25 bits per heavy atom. The monoisotopic (exact) mass is 334 g/mol. The Balaban J connectivity index is 1.60. The first-order chi connectivity index (χ1) is 11.6. The van der Waals surface area contributed by atoms with Crippen LogP contribution in [0.2, 0.25) is 0 Å². The maximum absolute atomic E-state index is 12.7. The van der Waals surface area contributed by atoms with E-state index in [1.807, 2.05) is 0 Å². The Bertz CT molecular complexity index is 625. The number of fused-ring (bicyclic) bond motifs is 1. The van der Waals surface area contributed by atoms with Crippen molar-refractivity contribution in [1.29, 1.82) is 0 Å². The standard InChI is InChI=1S/C17H22N2O5/c1-3-22-17(21)19-8-6-13(7-9-19)18(2)16(20)12-4-5-14-15(10-12)24-11-23-14/h4-5,10,13H,3,6-9,11H2,1-2H3.